The maximum atomic E-state index is 6.55. The summed E-state index contributed by atoms with van der Waals surface area (Å²) < 4.78 is 6.17. The Labute approximate surface area is 131 Å². The molecule has 1 heterocycles. The van der Waals surface area contributed by atoms with E-state index in [0.29, 0.717) is 0 Å². The van der Waals surface area contributed by atoms with Crippen LogP contribution in [-0.4, -0.2) is 0 Å². The molecule has 4 aromatic carbocycles. The Balaban J connectivity index is 2.17. The van der Waals surface area contributed by atoms with Gasteiger partial charge in [-0.05, 0) is 28.3 Å². The number of furan rings is 1. The predicted octanol–water partition coefficient (Wildman–Crippen LogP) is 6.55. The van der Waals surface area contributed by atoms with Gasteiger partial charge >= 0.3 is 0 Å². The monoisotopic (exact) mass is 302 g/mol. The highest BCUT2D eigenvalue weighted by Gasteiger charge is 2.15. The van der Waals surface area contributed by atoms with E-state index in [1.807, 2.05) is 24.3 Å². The van der Waals surface area contributed by atoms with E-state index in [1.54, 1.807) is 0 Å². The average molecular weight is 303 g/mol. The quantitative estimate of drug-likeness (QED) is 0.296. The minimum absolute atomic E-state index is 0.739. The number of hydrogen-bond acceptors (Lipinski definition) is 1. The molecule has 0 N–H and O–H groups in total. The van der Waals surface area contributed by atoms with Crippen LogP contribution in [0.15, 0.2) is 71.1 Å². The molecule has 0 atom stereocenters. The molecular formula is C20H11ClO. The third-order valence-corrected chi connectivity index (χ3v) is 4.60. The summed E-state index contributed by atoms with van der Waals surface area (Å²) in [6.45, 7) is 0. The van der Waals surface area contributed by atoms with Crippen LogP contribution in [0, 0.1) is 0 Å². The van der Waals surface area contributed by atoms with Crippen molar-refractivity contribution in [3.63, 3.8) is 0 Å². The summed E-state index contributed by atoms with van der Waals surface area (Å²) in [5, 5.41) is 7.45. The third kappa shape index (κ3) is 1.49. The summed E-state index contributed by atoms with van der Waals surface area (Å²) in [6, 6.07) is 22.7. The molecule has 0 saturated heterocycles. The van der Waals surface area contributed by atoms with E-state index < -0.39 is 0 Å². The first-order valence-corrected chi connectivity index (χ1v) is 7.62. The summed E-state index contributed by atoms with van der Waals surface area (Å²) in [5.41, 5.74) is 1.75. The van der Waals surface area contributed by atoms with Crippen molar-refractivity contribution in [2.45, 2.75) is 0 Å². The Kier molecular flexibility index (Phi) is 2.33. The van der Waals surface area contributed by atoms with Crippen molar-refractivity contribution in [3.05, 3.63) is 71.8 Å². The van der Waals surface area contributed by atoms with Crippen molar-refractivity contribution in [2.75, 3.05) is 0 Å². The van der Waals surface area contributed by atoms with E-state index in [9.17, 15) is 0 Å². The van der Waals surface area contributed by atoms with Crippen molar-refractivity contribution in [3.8, 4) is 0 Å². The van der Waals surface area contributed by atoms with Crippen LogP contribution in [-0.2, 0) is 0 Å². The fourth-order valence-corrected chi connectivity index (χ4v) is 3.63. The Morgan fingerprint density at radius 1 is 0.682 bits per heavy atom. The van der Waals surface area contributed by atoms with Gasteiger partial charge in [0, 0.05) is 16.2 Å². The number of benzene rings is 4. The van der Waals surface area contributed by atoms with Gasteiger partial charge < -0.3 is 4.42 Å². The van der Waals surface area contributed by atoms with Gasteiger partial charge in [0.1, 0.15) is 11.2 Å². The third-order valence-electron chi connectivity index (χ3n) is 4.30. The maximum Gasteiger partial charge on any atom is 0.145 e. The van der Waals surface area contributed by atoms with Crippen molar-refractivity contribution in [1.82, 2.24) is 0 Å². The van der Waals surface area contributed by atoms with Crippen molar-refractivity contribution >= 4 is 55.1 Å². The minimum Gasteiger partial charge on any atom is -0.455 e. The molecule has 22 heavy (non-hydrogen) atoms. The first kappa shape index (κ1) is 12.1. The summed E-state index contributed by atoms with van der Waals surface area (Å²) in [7, 11) is 0. The Bertz CT molecular complexity index is 1180. The number of rotatable bonds is 0. The molecule has 0 aliphatic heterocycles. The fourth-order valence-electron chi connectivity index (χ4n) is 3.33. The lowest BCUT2D eigenvalue weighted by Crippen LogP contribution is -1.79. The number of halogens is 1. The standard InChI is InChI=1S/C20H11ClO/c21-16-11-13-10-9-12-5-1-2-6-14(12)18(13)20-19(16)15-7-3-4-8-17(15)22-20/h1-11H. The molecule has 0 bridgehead atoms. The van der Waals surface area contributed by atoms with Gasteiger partial charge in [-0.15, -0.1) is 0 Å². The van der Waals surface area contributed by atoms with E-state index >= 15 is 0 Å². The van der Waals surface area contributed by atoms with E-state index in [1.165, 1.54) is 10.8 Å². The zero-order valence-electron chi connectivity index (χ0n) is 11.6. The molecule has 0 amide bonds. The molecule has 0 radical (unpaired) electrons. The zero-order chi connectivity index (χ0) is 14.7. The second-order valence-corrected chi connectivity index (χ2v) is 5.95. The first-order valence-electron chi connectivity index (χ1n) is 7.24. The van der Waals surface area contributed by atoms with E-state index in [2.05, 4.69) is 42.5 Å². The Hall–Kier alpha value is -2.51. The van der Waals surface area contributed by atoms with Gasteiger partial charge in [0.25, 0.3) is 0 Å². The van der Waals surface area contributed by atoms with Crippen LogP contribution in [0.1, 0.15) is 0 Å². The van der Waals surface area contributed by atoms with Gasteiger partial charge in [-0.3, -0.25) is 0 Å². The smallest absolute Gasteiger partial charge is 0.145 e. The summed E-state index contributed by atoms with van der Waals surface area (Å²) in [6.07, 6.45) is 0. The lowest BCUT2D eigenvalue weighted by molar-refractivity contribution is 0.673. The summed E-state index contributed by atoms with van der Waals surface area (Å²) >= 11 is 6.55. The average Bonchev–Trinajstić information content (AvgIpc) is 2.94. The van der Waals surface area contributed by atoms with Gasteiger partial charge in [0.05, 0.1) is 5.02 Å². The fraction of sp³-hybridized carbons (Fsp3) is 0. The number of fused-ring (bicyclic) bond motifs is 7. The molecule has 5 aromatic rings. The lowest BCUT2D eigenvalue weighted by atomic mass is 9.99. The normalized spacial score (nSPS) is 11.9. The number of hydrogen-bond donors (Lipinski definition) is 0. The highest BCUT2D eigenvalue weighted by atomic mass is 35.5. The first-order chi connectivity index (χ1) is 10.8. The molecular weight excluding hydrogens is 292 g/mol. The predicted molar refractivity (Wildman–Crippen MR) is 93.7 cm³/mol. The molecule has 0 aliphatic carbocycles. The second-order valence-electron chi connectivity index (χ2n) is 5.55. The topological polar surface area (TPSA) is 13.1 Å². The second kappa shape index (κ2) is 4.25. The molecule has 0 saturated carbocycles. The molecule has 1 nitrogen and oxygen atoms in total. The van der Waals surface area contributed by atoms with Crippen LogP contribution >= 0.6 is 11.6 Å². The SMILES string of the molecule is Clc1cc2ccc3ccccc3c2c2oc3ccccc3c12. The highest BCUT2D eigenvalue weighted by molar-refractivity contribution is 6.40. The molecule has 0 spiro atoms. The molecule has 2 heteroatoms. The summed E-state index contributed by atoms with van der Waals surface area (Å²) in [5.74, 6) is 0. The van der Waals surface area contributed by atoms with Crippen LogP contribution in [0.4, 0.5) is 0 Å². The minimum atomic E-state index is 0.739. The van der Waals surface area contributed by atoms with Crippen LogP contribution < -0.4 is 0 Å². The largest absolute Gasteiger partial charge is 0.455 e. The zero-order valence-corrected chi connectivity index (χ0v) is 12.4. The van der Waals surface area contributed by atoms with Crippen LogP contribution in [0.3, 0.4) is 0 Å². The molecule has 0 aliphatic rings. The molecule has 1 aromatic heterocycles. The molecule has 0 unspecified atom stereocenters. The Morgan fingerprint density at radius 3 is 2.32 bits per heavy atom. The van der Waals surface area contributed by atoms with Gasteiger partial charge in [-0.25, -0.2) is 0 Å². The van der Waals surface area contributed by atoms with Gasteiger partial charge in [-0.2, -0.15) is 0 Å². The number of para-hydroxylation sites is 1. The summed E-state index contributed by atoms with van der Waals surface area (Å²) in [4.78, 5) is 0. The van der Waals surface area contributed by atoms with Crippen molar-refractivity contribution in [2.24, 2.45) is 0 Å². The van der Waals surface area contributed by atoms with Gasteiger partial charge in [0.2, 0.25) is 0 Å². The van der Waals surface area contributed by atoms with Crippen LogP contribution in [0.2, 0.25) is 5.02 Å². The molecule has 104 valence electrons. The van der Waals surface area contributed by atoms with Crippen molar-refractivity contribution in [1.29, 1.82) is 0 Å². The van der Waals surface area contributed by atoms with E-state index in [4.69, 9.17) is 16.0 Å². The van der Waals surface area contributed by atoms with E-state index in [-0.39, 0.29) is 0 Å². The van der Waals surface area contributed by atoms with Gasteiger partial charge in [0.15, 0.2) is 0 Å². The highest BCUT2D eigenvalue weighted by Crippen LogP contribution is 2.41. The van der Waals surface area contributed by atoms with Gasteiger partial charge in [-0.1, -0.05) is 66.2 Å². The molecule has 0 fully saturated rings. The van der Waals surface area contributed by atoms with Crippen LogP contribution in [0.25, 0.3) is 43.5 Å². The van der Waals surface area contributed by atoms with Crippen molar-refractivity contribution < 1.29 is 4.42 Å². The maximum absolute atomic E-state index is 6.55. The lowest BCUT2D eigenvalue weighted by Gasteiger charge is -2.05. The molecule has 5 rings (SSSR count). The Morgan fingerprint density at radius 2 is 1.41 bits per heavy atom. The van der Waals surface area contributed by atoms with E-state index in [0.717, 1.165) is 37.7 Å². The van der Waals surface area contributed by atoms with Crippen LogP contribution in [0.5, 0.6) is 0 Å².